The third-order valence-electron chi connectivity index (χ3n) is 2.34. The van der Waals surface area contributed by atoms with Crippen molar-refractivity contribution in [3.05, 3.63) is 42.5 Å². The van der Waals surface area contributed by atoms with Gasteiger partial charge < -0.3 is 10.2 Å². The van der Waals surface area contributed by atoms with Crippen molar-refractivity contribution in [2.75, 3.05) is 5.73 Å². The van der Waals surface area contributed by atoms with Crippen molar-refractivity contribution in [3.8, 4) is 11.5 Å². The number of nitro groups is 3. The Kier molecular flexibility index (Phi) is 3.15. The van der Waals surface area contributed by atoms with Crippen LogP contribution < -0.4 is 5.73 Å². The van der Waals surface area contributed by atoms with Crippen LogP contribution in [0.15, 0.2) is 16.5 Å². The average Bonchev–Trinajstić information content (AvgIpc) is 2.83. The fourth-order valence-electron chi connectivity index (χ4n) is 1.55. The number of hydrogen-bond donors (Lipinski definition) is 1. The number of nitrogens with zero attached hydrogens (tertiary/aromatic N) is 5. The normalized spacial score (nSPS) is 10.3. The van der Waals surface area contributed by atoms with E-state index < -0.39 is 49.3 Å². The third-order valence-corrected chi connectivity index (χ3v) is 2.34. The van der Waals surface area contributed by atoms with Crippen molar-refractivity contribution in [1.29, 1.82) is 0 Å². The lowest BCUT2D eigenvalue weighted by Crippen LogP contribution is -2.00. The van der Waals surface area contributed by atoms with Crippen molar-refractivity contribution < 1.29 is 19.2 Å². The van der Waals surface area contributed by atoms with Crippen LogP contribution in [-0.2, 0) is 0 Å². The Morgan fingerprint density at radius 3 is 1.81 bits per heavy atom. The van der Waals surface area contributed by atoms with E-state index in [4.69, 9.17) is 10.2 Å². The molecule has 108 valence electrons. The highest BCUT2D eigenvalue weighted by Gasteiger charge is 2.34. The van der Waals surface area contributed by atoms with Crippen molar-refractivity contribution in [1.82, 2.24) is 10.2 Å². The van der Waals surface area contributed by atoms with Gasteiger partial charge in [-0.3, -0.25) is 30.3 Å². The maximum absolute atomic E-state index is 11.0. The molecule has 0 radical (unpaired) electrons. The zero-order valence-corrected chi connectivity index (χ0v) is 9.83. The van der Waals surface area contributed by atoms with E-state index in [1.54, 1.807) is 0 Å². The quantitative estimate of drug-likeness (QED) is 0.628. The summed E-state index contributed by atoms with van der Waals surface area (Å²) in [5, 5.41) is 39.2. The van der Waals surface area contributed by atoms with Gasteiger partial charge in [-0.25, -0.2) is 0 Å². The summed E-state index contributed by atoms with van der Waals surface area (Å²) in [6.07, 6.45) is 0. The maximum Gasteiger partial charge on any atom is 0.313 e. The number of hydrogen-bond acceptors (Lipinski definition) is 10. The van der Waals surface area contributed by atoms with Gasteiger partial charge in [-0.2, -0.15) is 0 Å². The summed E-state index contributed by atoms with van der Waals surface area (Å²) in [6, 6.07) is 0.651. The Bertz CT molecular complexity index is 733. The Morgan fingerprint density at radius 2 is 1.48 bits per heavy atom. The second-order valence-corrected chi connectivity index (χ2v) is 3.58. The molecule has 0 saturated heterocycles. The van der Waals surface area contributed by atoms with Crippen molar-refractivity contribution in [2.45, 2.75) is 0 Å². The van der Waals surface area contributed by atoms with Gasteiger partial charge in [-0.1, -0.05) is 5.10 Å². The molecule has 1 aromatic carbocycles. The van der Waals surface area contributed by atoms with Gasteiger partial charge in [-0.05, 0) is 0 Å². The molecule has 13 heteroatoms. The number of non-ortho nitro benzene ring substituents is 1. The van der Waals surface area contributed by atoms with E-state index in [1.165, 1.54) is 0 Å². The summed E-state index contributed by atoms with van der Waals surface area (Å²) >= 11 is 0. The molecule has 0 atom stereocenters. The van der Waals surface area contributed by atoms with E-state index in [9.17, 15) is 30.3 Å². The number of nitrogen functional groups attached to an aromatic ring is 1. The molecule has 0 spiro atoms. The van der Waals surface area contributed by atoms with Crippen molar-refractivity contribution in [3.63, 3.8) is 0 Å². The molecular weight excluding hydrogens is 292 g/mol. The topological polar surface area (TPSA) is 194 Å². The maximum atomic E-state index is 11.0. The fourth-order valence-corrected chi connectivity index (χ4v) is 1.55. The number of nitro benzene ring substituents is 3. The third kappa shape index (κ3) is 2.42. The predicted octanol–water partition coefficient (Wildman–Crippen LogP) is 1.04. The molecule has 0 amide bonds. The van der Waals surface area contributed by atoms with E-state index in [1.807, 2.05) is 0 Å². The Hall–Kier alpha value is -3.64. The van der Waals surface area contributed by atoms with Gasteiger partial charge in [0.05, 0.1) is 26.9 Å². The fraction of sp³-hybridized carbons (Fsp3) is 0. The first kappa shape index (κ1) is 13.8. The number of nitrogens with two attached hydrogens (primary N) is 1. The molecule has 1 aromatic heterocycles. The minimum atomic E-state index is -1.03. The average molecular weight is 296 g/mol. The summed E-state index contributed by atoms with van der Waals surface area (Å²) in [6.45, 7) is 0. The molecular formula is C8H4N6O7. The minimum Gasteiger partial charge on any atom is -0.403 e. The molecule has 0 aliphatic rings. The lowest BCUT2D eigenvalue weighted by atomic mass is 10.1. The van der Waals surface area contributed by atoms with Gasteiger partial charge in [0.2, 0.25) is 0 Å². The van der Waals surface area contributed by atoms with Gasteiger partial charge in [0.25, 0.3) is 23.0 Å². The van der Waals surface area contributed by atoms with E-state index >= 15 is 0 Å². The van der Waals surface area contributed by atoms with Crippen LogP contribution in [0.3, 0.4) is 0 Å². The molecule has 2 N–H and O–H groups in total. The molecule has 0 unspecified atom stereocenters. The zero-order valence-electron chi connectivity index (χ0n) is 9.83. The molecule has 2 rings (SSSR count). The van der Waals surface area contributed by atoms with E-state index in [0.29, 0.717) is 12.1 Å². The first-order valence-corrected chi connectivity index (χ1v) is 5.02. The first-order chi connectivity index (χ1) is 9.81. The molecule has 0 aliphatic carbocycles. The monoisotopic (exact) mass is 296 g/mol. The van der Waals surface area contributed by atoms with Gasteiger partial charge in [0, 0.05) is 0 Å². The Labute approximate surface area is 113 Å². The number of benzene rings is 1. The zero-order chi connectivity index (χ0) is 15.7. The van der Waals surface area contributed by atoms with E-state index in [2.05, 4.69) is 10.2 Å². The van der Waals surface area contributed by atoms with Crippen LogP contribution in [0.2, 0.25) is 0 Å². The van der Waals surface area contributed by atoms with E-state index in [-0.39, 0.29) is 0 Å². The summed E-state index contributed by atoms with van der Waals surface area (Å²) in [7, 11) is 0. The van der Waals surface area contributed by atoms with Crippen molar-refractivity contribution in [2.24, 2.45) is 0 Å². The minimum absolute atomic E-state index is 0.466. The van der Waals surface area contributed by atoms with Crippen LogP contribution in [0.4, 0.5) is 23.1 Å². The highest BCUT2D eigenvalue weighted by molar-refractivity contribution is 5.79. The van der Waals surface area contributed by atoms with E-state index in [0.717, 1.165) is 0 Å². The Balaban J connectivity index is 2.85. The van der Waals surface area contributed by atoms with Crippen LogP contribution in [0, 0.1) is 30.3 Å². The molecule has 21 heavy (non-hydrogen) atoms. The second kappa shape index (κ2) is 4.80. The summed E-state index contributed by atoms with van der Waals surface area (Å²) in [4.78, 5) is 29.6. The van der Waals surface area contributed by atoms with Crippen LogP contribution in [0.1, 0.15) is 0 Å². The molecule has 0 fully saturated rings. The van der Waals surface area contributed by atoms with Gasteiger partial charge >= 0.3 is 6.01 Å². The molecule has 2 aromatic rings. The molecule has 13 nitrogen and oxygen atoms in total. The number of anilines is 1. The molecule has 1 heterocycles. The number of aromatic nitrogens is 2. The largest absolute Gasteiger partial charge is 0.403 e. The SMILES string of the molecule is Nc1nnc(-c2c([N+](=O)[O-])cc([N+](=O)[O-])cc2[N+](=O)[O-])o1. The van der Waals surface area contributed by atoms with Crippen LogP contribution in [0.25, 0.3) is 11.5 Å². The highest BCUT2D eigenvalue weighted by atomic mass is 16.6. The predicted molar refractivity (Wildman–Crippen MR) is 64.1 cm³/mol. The molecule has 0 aliphatic heterocycles. The Morgan fingerprint density at radius 1 is 0.952 bits per heavy atom. The van der Waals surface area contributed by atoms with Gasteiger partial charge in [0.1, 0.15) is 0 Å². The van der Waals surface area contributed by atoms with Crippen LogP contribution in [-0.4, -0.2) is 25.0 Å². The summed E-state index contributed by atoms with van der Waals surface area (Å²) in [5.74, 6) is -0.583. The van der Waals surface area contributed by atoms with Gasteiger partial charge in [-0.15, -0.1) is 5.10 Å². The van der Waals surface area contributed by atoms with Crippen LogP contribution >= 0.6 is 0 Å². The highest BCUT2D eigenvalue weighted by Crippen LogP contribution is 2.40. The van der Waals surface area contributed by atoms with Gasteiger partial charge in [0.15, 0.2) is 5.56 Å². The van der Waals surface area contributed by atoms with Crippen molar-refractivity contribution >= 4 is 23.1 Å². The molecule has 0 bridgehead atoms. The number of rotatable bonds is 4. The molecule has 0 saturated carbocycles. The van der Waals surface area contributed by atoms with Crippen LogP contribution in [0.5, 0.6) is 0 Å². The summed E-state index contributed by atoms with van der Waals surface area (Å²) < 4.78 is 4.73. The standard InChI is InChI=1S/C8H4N6O7/c9-8-11-10-7(21-8)6-4(13(17)18)1-3(12(15)16)2-5(6)14(19)20/h1-2H,(H2,9,11). The summed E-state index contributed by atoms with van der Waals surface area (Å²) in [5.41, 5.74) is 1.86. The second-order valence-electron chi connectivity index (χ2n) is 3.58. The first-order valence-electron chi connectivity index (χ1n) is 5.02. The smallest absolute Gasteiger partial charge is 0.313 e. The lowest BCUT2D eigenvalue weighted by Gasteiger charge is -2.00. The lowest BCUT2D eigenvalue weighted by molar-refractivity contribution is -0.402.